The van der Waals surface area contributed by atoms with Gasteiger partial charge < -0.3 is 9.64 Å². The van der Waals surface area contributed by atoms with Gasteiger partial charge in [-0.05, 0) is 38.0 Å². The van der Waals surface area contributed by atoms with Gasteiger partial charge in [-0.3, -0.25) is 9.89 Å². The van der Waals surface area contributed by atoms with Crippen LogP contribution in [0.2, 0.25) is 0 Å². The smallest absolute Gasteiger partial charge is 0.248 e. The lowest BCUT2D eigenvalue weighted by atomic mass is 9.62. The maximum absolute atomic E-state index is 12.3. The maximum Gasteiger partial charge on any atom is 0.248 e. The Bertz CT molecular complexity index is 562. The van der Waals surface area contributed by atoms with Gasteiger partial charge in [-0.25, -0.2) is 4.98 Å². The summed E-state index contributed by atoms with van der Waals surface area (Å²) in [5.74, 6) is 2.96. The molecule has 2 saturated carbocycles. The zero-order valence-corrected chi connectivity index (χ0v) is 13.2. The number of nitrogens with one attached hydrogen (secondary N) is 1. The van der Waals surface area contributed by atoms with E-state index in [9.17, 15) is 4.79 Å². The van der Waals surface area contributed by atoms with Crippen LogP contribution in [0.3, 0.4) is 0 Å². The molecule has 3 aliphatic rings. The largest absolute Gasteiger partial charge is 0.372 e. The molecule has 2 heterocycles. The minimum Gasteiger partial charge on any atom is -0.372 e. The van der Waals surface area contributed by atoms with Crippen LogP contribution in [0.1, 0.15) is 62.5 Å². The van der Waals surface area contributed by atoms with Gasteiger partial charge in [0.1, 0.15) is 12.4 Å². The average molecular weight is 304 g/mol. The molecule has 22 heavy (non-hydrogen) atoms. The summed E-state index contributed by atoms with van der Waals surface area (Å²) in [5.41, 5.74) is 0.224. The highest BCUT2D eigenvalue weighted by molar-refractivity contribution is 5.78. The van der Waals surface area contributed by atoms with Crippen LogP contribution in [0.5, 0.6) is 0 Å². The second-order valence-electron chi connectivity index (χ2n) is 7.03. The number of ether oxygens (including phenoxy) is 1. The van der Waals surface area contributed by atoms with Gasteiger partial charge >= 0.3 is 0 Å². The number of aromatic amines is 1. The molecule has 1 aromatic rings. The Morgan fingerprint density at radius 1 is 1.45 bits per heavy atom. The normalized spacial score (nSPS) is 26.4. The summed E-state index contributed by atoms with van der Waals surface area (Å²) in [6.45, 7) is 4.31. The van der Waals surface area contributed by atoms with E-state index >= 15 is 0 Å². The Kier molecular flexibility index (Phi) is 3.44. The number of hydrogen-bond donors (Lipinski definition) is 1. The zero-order chi connectivity index (χ0) is 15.2. The lowest BCUT2D eigenvalue weighted by Gasteiger charge is -2.41. The van der Waals surface area contributed by atoms with Crippen molar-refractivity contribution in [2.24, 2.45) is 5.41 Å². The van der Waals surface area contributed by atoms with Crippen LogP contribution in [0.15, 0.2) is 0 Å². The molecule has 1 aliphatic heterocycles. The summed E-state index contributed by atoms with van der Waals surface area (Å²) in [5, 5.41) is 7.57. The molecule has 1 aromatic heterocycles. The molecule has 4 rings (SSSR count). The minimum atomic E-state index is 0.109. The molecular weight excluding hydrogens is 280 g/mol. The number of H-pyrrole nitrogens is 1. The molecule has 0 aromatic carbocycles. The predicted molar refractivity (Wildman–Crippen MR) is 80.5 cm³/mol. The number of likely N-dealkylation sites (tertiary alicyclic amines) is 1. The molecule has 1 saturated heterocycles. The van der Waals surface area contributed by atoms with Gasteiger partial charge in [0, 0.05) is 31.5 Å². The van der Waals surface area contributed by atoms with Crippen LogP contribution in [0.25, 0.3) is 0 Å². The van der Waals surface area contributed by atoms with Crippen molar-refractivity contribution in [3.63, 3.8) is 0 Å². The number of hydrogen-bond acceptors (Lipinski definition) is 4. The second kappa shape index (κ2) is 5.33. The van der Waals surface area contributed by atoms with Crippen molar-refractivity contribution in [3.05, 3.63) is 11.6 Å². The zero-order valence-electron chi connectivity index (χ0n) is 13.2. The molecule has 1 N–H and O–H groups in total. The van der Waals surface area contributed by atoms with Crippen molar-refractivity contribution in [2.45, 2.75) is 50.9 Å². The van der Waals surface area contributed by atoms with Crippen LogP contribution in [-0.2, 0) is 9.53 Å². The minimum absolute atomic E-state index is 0.109. The van der Waals surface area contributed by atoms with Crippen LogP contribution in [0.4, 0.5) is 0 Å². The average Bonchev–Trinajstić information content (AvgIpc) is 3.07. The molecule has 1 atom stereocenters. The summed E-state index contributed by atoms with van der Waals surface area (Å²) in [4.78, 5) is 19.0. The summed E-state index contributed by atoms with van der Waals surface area (Å²) >= 11 is 0. The molecule has 2 aliphatic carbocycles. The SMILES string of the molecule is CCOCC(=O)N1CC(c2nc(C3CC3)n[nH]2)C2(CCC2)C1. The molecule has 0 radical (unpaired) electrons. The summed E-state index contributed by atoms with van der Waals surface area (Å²) in [6.07, 6.45) is 6.07. The number of nitrogens with zero attached hydrogens (tertiary/aromatic N) is 3. The van der Waals surface area contributed by atoms with E-state index in [1.807, 2.05) is 11.8 Å². The predicted octanol–water partition coefficient (Wildman–Crippen LogP) is 1.81. The maximum atomic E-state index is 12.3. The van der Waals surface area contributed by atoms with E-state index in [1.54, 1.807) is 0 Å². The van der Waals surface area contributed by atoms with Gasteiger partial charge in [0.25, 0.3) is 0 Å². The molecule has 6 heteroatoms. The molecule has 0 bridgehead atoms. The van der Waals surface area contributed by atoms with Gasteiger partial charge in [0.05, 0.1) is 0 Å². The van der Waals surface area contributed by atoms with Crippen molar-refractivity contribution < 1.29 is 9.53 Å². The van der Waals surface area contributed by atoms with E-state index in [0.29, 0.717) is 18.4 Å². The van der Waals surface area contributed by atoms with E-state index in [4.69, 9.17) is 9.72 Å². The molecular formula is C16H24N4O2. The third-order valence-electron chi connectivity index (χ3n) is 5.57. The lowest BCUT2D eigenvalue weighted by molar-refractivity contribution is -0.135. The number of aromatic nitrogens is 3. The van der Waals surface area contributed by atoms with Crippen molar-refractivity contribution >= 4 is 5.91 Å². The van der Waals surface area contributed by atoms with Crippen molar-refractivity contribution in [3.8, 4) is 0 Å². The van der Waals surface area contributed by atoms with E-state index in [1.165, 1.54) is 32.1 Å². The van der Waals surface area contributed by atoms with E-state index in [0.717, 1.165) is 24.7 Å². The highest BCUT2D eigenvalue weighted by Crippen LogP contribution is 2.55. The van der Waals surface area contributed by atoms with Gasteiger partial charge in [0.15, 0.2) is 5.82 Å². The van der Waals surface area contributed by atoms with E-state index < -0.39 is 0 Å². The third kappa shape index (κ3) is 2.33. The standard InChI is InChI=1S/C16H24N4O2/c1-2-22-9-13(21)20-8-12(16(10-20)6-3-7-16)15-17-14(18-19-15)11-4-5-11/h11-12H,2-10H2,1H3,(H,17,18,19). The quantitative estimate of drug-likeness (QED) is 0.900. The number of rotatable bonds is 5. The number of carbonyl (C=O) groups excluding carboxylic acids is 1. The Labute approximate surface area is 130 Å². The first kappa shape index (κ1) is 14.2. The molecule has 3 fully saturated rings. The van der Waals surface area contributed by atoms with Crippen molar-refractivity contribution in [1.82, 2.24) is 20.1 Å². The second-order valence-corrected chi connectivity index (χ2v) is 7.03. The highest BCUT2D eigenvalue weighted by Gasteiger charge is 2.53. The molecule has 1 amide bonds. The van der Waals surface area contributed by atoms with Crippen LogP contribution in [-0.4, -0.2) is 52.3 Å². The molecule has 1 unspecified atom stereocenters. The first-order valence-corrected chi connectivity index (χ1v) is 8.49. The Morgan fingerprint density at radius 2 is 2.27 bits per heavy atom. The first-order valence-electron chi connectivity index (χ1n) is 8.49. The monoisotopic (exact) mass is 304 g/mol. The van der Waals surface area contributed by atoms with Crippen molar-refractivity contribution in [2.75, 3.05) is 26.3 Å². The van der Waals surface area contributed by atoms with Crippen molar-refractivity contribution in [1.29, 1.82) is 0 Å². The fourth-order valence-electron chi connectivity index (χ4n) is 3.92. The topological polar surface area (TPSA) is 71.1 Å². The van der Waals surface area contributed by atoms with Crippen LogP contribution in [0, 0.1) is 5.41 Å². The molecule has 120 valence electrons. The van der Waals surface area contributed by atoms with E-state index in [-0.39, 0.29) is 17.9 Å². The summed E-state index contributed by atoms with van der Waals surface area (Å²) < 4.78 is 5.29. The van der Waals surface area contributed by atoms with E-state index in [2.05, 4.69) is 10.2 Å². The number of carbonyl (C=O) groups is 1. The summed E-state index contributed by atoms with van der Waals surface area (Å²) in [7, 11) is 0. The number of amides is 1. The van der Waals surface area contributed by atoms with Crippen LogP contribution < -0.4 is 0 Å². The summed E-state index contributed by atoms with van der Waals surface area (Å²) in [6, 6.07) is 0. The Balaban J connectivity index is 1.51. The fraction of sp³-hybridized carbons (Fsp3) is 0.812. The van der Waals surface area contributed by atoms with Gasteiger partial charge in [-0.1, -0.05) is 6.42 Å². The fourth-order valence-corrected chi connectivity index (χ4v) is 3.92. The lowest BCUT2D eigenvalue weighted by Crippen LogP contribution is -2.38. The third-order valence-corrected chi connectivity index (χ3v) is 5.57. The highest BCUT2D eigenvalue weighted by atomic mass is 16.5. The van der Waals surface area contributed by atoms with Gasteiger partial charge in [-0.15, -0.1) is 0 Å². The Morgan fingerprint density at radius 3 is 2.91 bits per heavy atom. The van der Waals surface area contributed by atoms with Gasteiger partial charge in [0.2, 0.25) is 5.91 Å². The van der Waals surface area contributed by atoms with Crippen LogP contribution >= 0.6 is 0 Å². The van der Waals surface area contributed by atoms with Gasteiger partial charge in [-0.2, -0.15) is 5.10 Å². The molecule has 1 spiro atoms. The molecule has 6 nitrogen and oxygen atoms in total. The first-order chi connectivity index (χ1) is 10.7. The Hall–Kier alpha value is -1.43.